The van der Waals surface area contributed by atoms with Gasteiger partial charge in [-0.2, -0.15) is 9.61 Å². The van der Waals surface area contributed by atoms with Crippen molar-refractivity contribution in [3.05, 3.63) is 94.6 Å². The van der Waals surface area contributed by atoms with Gasteiger partial charge >= 0.3 is 0 Å². The summed E-state index contributed by atoms with van der Waals surface area (Å²) in [6.45, 7) is 2.78. The highest BCUT2D eigenvalue weighted by molar-refractivity contribution is 7.91. The molecule has 1 spiro atoms. The van der Waals surface area contributed by atoms with E-state index >= 15 is 0 Å². The molecule has 2 fully saturated rings. The van der Waals surface area contributed by atoms with Crippen LogP contribution in [0.5, 0.6) is 0 Å². The molecule has 2 aromatic heterocycles. The van der Waals surface area contributed by atoms with Crippen LogP contribution in [-0.2, 0) is 15.4 Å². The van der Waals surface area contributed by atoms with Gasteiger partial charge in [0.2, 0.25) is 10.0 Å². The Hall–Kier alpha value is -4.58. The van der Waals surface area contributed by atoms with Crippen molar-refractivity contribution in [1.82, 2.24) is 24.2 Å². The summed E-state index contributed by atoms with van der Waals surface area (Å²) in [5.74, 6) is -1.28. The number of halogens is 1. The number of carbonyl (C=O) groups is 2. The zero-order valence-corrected chi connectivity index (χ0v) is 24.2. The standard InChI is InChI=1S/C31H29FN6O4S/c1-19-16-21(32)6-9-26(19)35-28-24(17-33-27-23(18-34-38(27)28)29(39)36-43(41,42)22-7-8-22)30(40)37-14-12-31(13-15-37)11-10-20-4-2-3-5-25(20)31/h2-6,9-11,16-18,22,35H,7-8,12-15H2,1H3,(H,36,39). The van der Waals surface area contributed by atoms with Crippen molar-refractivity contribution in [2.45, 2.75) is 43.3 Å². The van der Waals surface area contributed by atoms with E-state index in [4.69, 9.17) is 0 Å². The van der Waals surface area contributed by atoms with Gasteiger partial charge < -0.3 is 10.2 Å². The van der Waals surface area contributed by atoms with Gasteiger partial charge in [0.1, 0.15) is 22.8 Å². The van der Waals surface area contributed by atoms with E-state index in [0.29, 0.717) is 37.2 Å². The third-order valence-electron chi connectivity index (χ3n) is 8.66. The molecule has 2 aliphatic carbocycles. The molecule has 2 amide bonds. The summed E-state index contributed by atoms with van der Waals surface area (Å²) >= 11 is 0. The maximum Gasteiger partial charge on any atom is 0.270 e. The predicted molar refractivity (Wildman–Crippen MR) is 159 cm³/mol. The Morgan fingerprint density at radius 3 is 2.56 bits per heavy atom. The Morgan fingerprint density at radius 1 is 1.05 bits per heavy atom. The number of hydrogen-bond acceptors (Lipinski definition) is 7. The highest BCUT2D eigenvalue weighted by atomic mass is 32.2. The molecule has 1 saturated heterocycles. The number of nitrogens with one attached hydrogen (secondary N) is 2. The first kappa shape index (κ1) is 27.3. The topological polar surface area (TPSA) is 126 Å². The highest BCUT2D eigenvalue weighted by Crippen LogP contribution is 2.44. The SMILES string of the molecule is Cc1cc(F)ccc1Nc1c(C(=O)N2CCC3(C=Cc4ccccc43)CC2)cnc2c(C(=O)NS(=O)(=O)C3CC3)cnn12. The lowest BCUT2D eigenvalue weighted by Crippen LogP contribution is -2.44. The number of sulfonamides is 1. The third kappa shape index (κ3) is 4.75. The van der Waals surface area contributed by atoms with Crippen LogP contribution in [0.3, 0.4) is 0 Å². The van der Waals surface area contributed by atoms with Gasteiger partial charge in [-0.25, -0.2) is 22.5 Å². The molecular formula is C31H29FN6O4S. The fraction of sp³-hybridized carbons (Fsp3) is 0.290. The maximum atomic E-state index is 14.0. The lowest BCUT2D eigenvalue weighted by molar-refractivity contribution is 0.0690. The van der Waals surface area contributed by atoms with Crippen molar-refractivity contribution in [1.29, 1.82) is 0 Å². The Balaban J connectivity index is 1.22. The Morgan fingerprint density at radius 2 is 1.81 bits per heavy atom. The number of likely N-dealkylation sites (tertiary alicyclic amines) is 1. The van der Waals surface area contributed by atoms with Gasteiger partial charge in [-0.05, 0) is 67.5 Å². The van der Waals surface area contributed by atoms with Crippen molar-refractivity contribution in [3.8, 4) is 0 Å². The van der Waals surface area contributed by atoms with E-state index in [-0.39, 0.29) is 33.9 Å². The summed E-state index contributed by atoms with van der Waals surface area (Å²) in [6.07, 6.45) is 9.55. The summed E-state index contributed by atoms with van der Waals surface area (Å²) in [5, 5.41) is 6.96. The maximum absolute atomic E-state index is 14.0. The van der Waals surface area contributed by atoms with E-state index in [1.54, 1.807) is 17.9 Å². The van der Waals surface area contributed by atoms with Crippen LogP contribution in [0.15, 0.2) is 60.9 Å². The van der Waals surface area contributed by atoms with Crippen LogP contribution >= 0.6 is 0 Å². The summed E-state index contributed by atoms with van der Waals surface area (Å²) in [4.78, 5) is 33.2. The highest BCUT2D eigenvalue weighted by Gasteiger charge is 2.40. The van der Waals surface area contributed by atoms with E-state index in [2.05, 4.69) is 44.4 Å². The summed E-state index contributed by atoms with van der Waals surface area (Å²) in [5.41, 5.74) is 3.76. The first-order chi connectivity index (χ1) is 20.6. The third-order valence-corrected chi connectivity index (χ3v) is 10.5. The smallest absolute Gasteiger partial charge is 0.270 e. The monoisotopic (exact) mass is 600 g/mol. The van der Waals surface area contributed by atoms with Crippen LogP contribution in [0.25, 0.3) is 11.7 Å². The van der Waals surface area contributed by atoms with Crippen LogP contribution in [0.4, 0.5) is 15.9 Å². The molecule has 2 aromatic carbocycles. The normalized spacial score (nSPS) is 17.3. The van der Waals surface area contributed by atoms with Crippen molar-refractivity contribution in [2.24, 2.45) is 0 Å². The lowest BCUT2D eigenvalue weighted by atomic mass is 9.74. The number of carbonyl (C=O) groups excluding carboxylic acids is 2. The zero-order chi connectivity index (χ0) is 29.9. The minimum Gasteiger partial charge on any atom is -0.339 e. The average Bonchev–Trinajstić information content (AvgIpc) is 3.69. The van der Waals surface area contributed by atoms with Gasteiger partial charge in [0.15, 0.2) is 5.65 Å². The van der Waals surface area contributed by atoms with Crippen LogP contribution in [0.2, 0.25) is 0 Å². The molecule has 0 bridgehead atoms. The predicted octanol–water partition coefficient (Wildman–Crippen LogP) is 4.34. The second-order valence-corrected chi connectivity index (χ2v) is 13.4. The van der Waals surface area contributed by atoms with Crippen LogP contribution in [-0.4, -0.2) is 58.1 Å². The first-order valence-electron chi connectivity index (χ1n) is 14.2. The number of hydrogen-bond donors (Lipinski definition) is 2. The molecule has 0 radical (unpaired) electrons. The van der Waals surface area contributed by atoms with Gasteiger partial charge in [0.25, 0.3) is 11.8 Å². The number of aryl methyl sites for hydroxylation is 1. The molecule has 43 heavy (non-hydrogen) atoms. The van der Waals surface area contributed by atoms with E-state index in [1.807, 2.05) is 12.1 Å². The second kappa shape index (κ2) is 10.0. The van der Waals surface area contributed by atoms with Gasteiger partial charge in [-0.1, -0.05) is 36.4 Å². The Labute approximate surface area is 247 Å². The quantitative estimate of drug-likeness (QED) is 0.337. The molecule has 10 nitrogen and oxygen atoms in total. The van der Waals surface area contributed by atoms with Crippen molar-refractivity contribution in [3.63, 3.8) is 0 Å². The molecule has 3 heterocycles. The number of piperidine rings is 1. The molecule has 220 valence electrons. The number of nitrogens with zero attached hydrogens (tertiary/aromatic N) is 4. The molecule has 7 rings (SSSR count). The van der Waals surface area contributed by atoms with Crippen molar-refractivity contribution < 1.29 is 22.4 Å². The number of anilines is 2. The molecule has 0 atom stereocenters. The molecule has 12 heteroatoms. The van der Waals surface area contributed by atoms with Crippen LogP contribution in [0, 0.1) is 12.7 Å². The number of amides is 2. The van der Waals surface area contributed by atoms with E-state index < -0.39 is 27.0 Å². The number of fused-ring (bicyclic) bond motifs is 3. The summed E-state index contributed by atoms with van der Waals surface area (Å²) < 4.78 is 42.1. The van der Waals surface area contributed by atoms with Crippen LogP contribution < -0.4 is 10.0 Å². The van der Waals surface area contributed by atoms with E-state index in [9.17, 15) is 22.4 Å². The molecule has 0 unspecified atom stereocenters. The van der Waals surface area contributed by atoms with Crippen LogP contribution in [0.1, 0.15) is 63.1 Å². The second-order valence-electron chi connectivity index (χ2n) is 11.4. The fourth-order valence-corrected chi connectivity index (χ4v) is 7.35. The molecule has 1 saturated carbocycles. The first-order valence-corrected chi connectivity index (χ1v) is 15.7. The van der Waals surface area contributed by atoms with Gasteiger partial charge in [0, 0.05) is 30.4 Å². The zero-order valence-electron chi connectivity index (χ0n) is 23.4. The molecular weight excluding hydrogens is 571 g/mol. The molecule has 4 aromatic rings. The van der Waals surface area contributed by atoms with Crippen molar-refractivity contribution >= 4 is 45.1 Å². The summed E-state index contributed by atoms with van der Waals surface area (Å²) in [7, 11) is -3.79. The fourth-order valence-electron chi connectivity index (χ4n) is 6.06. The number of allylic oxidation sites excluding steroid dienone is 1. The number of rotatable bonds is 6. The van der Waals surface area contributed by atoms with E-state index in [1.165, 1.54) is 40.2 Å². The van der Waals surface area contributed by atoms with Gasteiger partial charge in [0.05, 0.1) is 11.4 Å². The largest absolute Gasteiger partial charge is 0.339 e. The van der Waals surface area contributed by atoms with E-state index in [0.717, 1.165) is 12.8 Å². The molecule has 1 aliphatic heterocycles. The lowest BCUT2D eigenvalue weighted by Gasteiger charge is -2.39. The van der Waals surface area contributed by atoms with Crippen molar-refractivity contribution in [2.75, 3.05) is 18.4 Å². The number of aromatic nitrogens is 3. The average molecular weight is 601 g/mol. The Bertz CT molecular complexity index is 1940. The minimum atomic E-state index is -3.79. The molecule has 3 aliphatic rings. The molecule has 2 N–H and O–H groups in total. The Kier molecular flexibility index (Phi) is 6.35. The minimum absolute atomic E-state index is 0.0475. The van der Waals surface area contributed by atoms with Gasteiger partial charge in [-0.15, -0.1) is 0 Å². The number of benzene rings is 2. The van der Waals surface area contributed by atoms with Gasteiger partial charge in [-0.3, -0.25) is 9.59 Å². The summed E-state index contributed by atoms with van der Waals surface area (Å²) in [6, 6.07) is 12.5.